The Kier molecular flexibility index (Phi) is 8.26. The van der Waals surface area contributed by atoms with Gasteiger partial charge in [-0.3, -0.25) is 4.57 Å². The van der Waals surface area contributed by atoms with Crippen LogP contribution in [0.15, 0.2) is 0 Å². The van der Waals surface area contributed by atoms with Gasteiger partial charge in [0.2, 0.25) is 5.79 Å². The largest absolute Gasteiger partial charge is 0.746 e. The summed E-state index contributed by atoms with van der Waals surface area (Å²) < 4.78 is 43.8. The average Bonchev–Trinajstić information content (AvgIpc) is 3.03. The van der Waals surface area contributed by atoms with Crippen molar-refractivity contribution in [3.63, 3.8) is 0 Å². The van der Waals surface area contributed by atoms with E-state index < -0.39 is 44.0 Å². The molecule has 2 aliphatic rings. The molecule has 0 aromatic rings. The van der Waals surface area contributed by atoms with Gasteiger partial charge in [0.15, 0.2) is 6.10 Å². The lowest BCUT2D eigenvalue weighted by Gasteiger charge is -2.33. The third-order valence-electron chi connectivity index (χ3n) is 4.50. The summed E-state index contributed by atoms with van der Waals surface area (Å²) in [5.41, 5.74) is 0. The summed E-state index contributed by atoms with van der Waals surface area (Å²) in [6.07, 6.45) is -3.71. The molecule has 0 spiro atoms. The molecule has 29 heavy (non-hydrogen) atoms. The molecule has 0 bridgehead atoms. The molecule has 170 valence electrons. The number of aliphatic hydroxyl groups is 1. The van der Waals surface area contributed by atoms with E-state index in [1.807, 2.05) is 0 Å². The van der Waals surface area contributed by atoms with Gasteiger partial charge in [-0.2, -0.15) is 0 Å². The Morgan fingerprint density at radius 3 is 2.45 bits per heavy atom. The fourth-order valence-corrected chi connectivity index (χ4v) is 4.29. The highest BCUT2D eigenvalue weighted by Crippen LogP contribution is 2.46. The number of phosphoric acid groups is 1. The van der Waals surface area contributed by atoms with Gasteiger partial charge < -0.3 is 38.0 Å². The SMILES string of the molecule is CC(C)OC[C@@]1(O)O[C@@H](C)C[C@H]1OP(=O)([O-])OC(=O)[C@H]1O[C@@H](C)C[C@H]1OC(C)C. The predicted octanol–water partition coefficient (Wildman–Crippen LogP) is 1.28. The summed E-state index contributed by atoms with van der Waals surface area (Å²) in [7, 11) is -5.12. The van der Waals surface area contributed by atoms with Gasteiger partial charge in [0.05, 0.1) is 30.5 Å². The van der Waals surface area contributed by atoms with Crippen LogP contribution >= 0.6 is 7.82 Å². The Labute approximate surface area is 171 Å². The van der Waals surface area contributed by atoms with Crippen LogP contribution in [0.3, 0.4) is 0 Å². The highest BCUT2D eigenvalue weighted by atomic mass is 31.2. The molecule has 2 saturated heterocycles. The molecule has 0 radical (unpaired) electrons. The quantitative estimate of drug-likeness (QED) is 0.524. The van der Waals surface area contributed by atoms with Crippen LogP contribution in [-0.2, 0) is 37.4 Å². The molecular formula is C18H32O10P-. The Bertz CT molecular complexity index is 611. The first-order valence-electron chi connectivity index (χ1n) is 9.87. The van der Waals surface area contributed by atoms with Gasteiger partial charge in [-0.15, -0.1) is 0 Å². The van der Waals surface area contributed by atoms with Crippen LogP contribution in [0.25, 0.3) is 0 Å². The minimum atomic E-state index is -5.12. The lowest BCUT2D eigenvalue weighted by Crippen LogP contribution is -2.46. The lowest BCUT2D eigenvalue weighted by molar-refractivity contribution is -0.272. The third-order valence-corrected chi connectivity index (χ3v) is 5.41. The summed E-state index contributed by atoms with van der Waals surface area (Å²) in [6, 6.07) is 0. The molecule has 7 atom stereocenters. The van der Waals surface area contributed by atoms with Crippen LogP contribution in [0, 0.1) is 0 Å². The van der Waals surface area contributed by atoms with Crippen LogP contribution in [0.1, 0.15) is 54.4 Å². The van der Waals surface area contributed by atoms with Crippen molar-refractivity contribution in [3.8, 4) is 0 Å². The molecule has 1 N–H and O–H groups in total. The van der Waals surface area contributed by atoms with Gasteiger partial charge in [0, 0.05) is 12.8 Å². The Balaban J connectivity index is 2.02. The zero-order valence-corrected chi connectivity index (χ0v) is 18.6. The molecule has 11 heteroatoms. The molecule has 0 aromatic heterocycles. The zero-order valence-electron chi connectivity index (χ0n) is 17.7. The van der Waals surface area contributed by atoms with Crippen LogP contribution in [0.2, 0.25) is 0 Å². The van der Waals surface area contributed by atoms with E-state index in [9.17, 15) is 19.4 Å². The second kappa shape index (κ2) is 9.70. The van der Waals surface area contributed by atoms with E-state index in [1.165, 1.54) is 0 Å². The predicted molar refractivity (Wildman–Crippen MR) is 98.7 cm³/mol. The molecule has 0 amide bonds. The van der Waals surface area contributed by atoms with Gasteiger partial charge >= 0.3 is 13.8 Å². The molecule has 2 rings (SSSR count). The van der Waals surface area contributed by atoms with Crippen molar-refractivity contribution in [1.82, 2.24) is 0 Å². The summed E-state index contributed by atoms with van der Waals surface area (Å²) in [4.78, 5) is 24.8. The van der Waals surface area contributed by atoms with Gasteiger partial charge in [-0.05, 0) is 41.5 Å². The first kappa shape index (κ1) is 24.7. The van der Waals surface area contributed by atoms with Gasteiger partial charge in [-0.1, -0.05) is 0 Å². The highest BCUT2D eigenvalue weighted by Gasteiger charge is 2.50. The van der Waals surface area contributed by atoms with Gasteiger partial charge in [-0.25, -0.2) is 4.79 Å². The third kappa shape index (κ3) is 6.97. The number of carbonyl (C=O) groups is 1. The number of hydrogen-bond donors (Lipinski definition) is 1. The van der Waals surface area contributed by atoms with Gasteiger partial charge in [0.25, 0.3) is 0 Å². The Morgan fingerprint density at radius 1 is 1.21 bits per heavy atom. The van der Waals surface area contributed by atoms with Crippen LogP contribution < -0.4 is 4.89 Å². The molecule has 2 fully saturated rings. The molecular weight excluding hydrogens is 407 g/mol. The molecule has 1 unspecified atom stereocenters. The normalized spacial score (nSPS) is 37.2. The number of hydrogen-bond acceptors (Lipinski definition) is 10. The second-order valence-electron chi connectivity index (χ2n) is 8.15. The molecule has 0 saturated carbocycles. The number of carbonyl (C=O) groups excluding carboxylic acids is 1. The van der Waals surface area contributed by atoms with E-state index in [0.717, 1.165) is 0 Å². The fraction of sp³-hybridized carbons (Fsp3) is 0.944. The van der Waals surface area contributed by atoms with Crippen molar-refractivity contribution in [2.24, 2.45) is 0 Å². The smallest absolute Gasteiger partial charge is 0.343 e. The fourth-order valence-electron chi connectivity index (χ4n) is 3.36. The van der Waals surface area contributed by atoms with Crippen molar-refractivity contribution in [3.05, 3.63) is 0 Å². The van der Waals surface area contributed by atoms with Crippen LogP contribution in [0.4, 0.5) is 0 Å². The summed E-state index contributed by atoms with van der Waals surface area (Å²) in [6.45, 7) is 10.2. The van der Waals surface area contributed by atoms with E-state index in [1.54, 1.807) is 41.5 Å². The summed E-state index contributed by atoms with van der Waals surface area (Å²) in [5, 5.41) is 10.6. The maximum atomic E-state index is 12.4. The monoisotopic (exact) mass is 439 g/mol. The zero-order chi connectivity index (χ0) is 22.0. The maximum Gasteiger partial charge on any atom is 0.343 e. The molecule has 10 nitrogen and oxygen atoms in total. The Hall–Kier alpha value is -0.580. The second-order valence-corrected chi connectivity index (χ2v) is 9.43. The Morgan fingerprint density at radius 2 is 1.86 bits per heavy atom. The first-order chi connectivity index (χ1) is 13.3. The van der Waals surface area contributed by atoms with Crippen molar-refractivity contribution < 1.29 is 47.4 Å². The topological polar surface area (TPSA) is 133 Å². The molecule has 0 aromatic carbocycles. The number of rotatable bonds is 9. The van der Waals surface area contributed by atoms with E-state index >= 15 is 0 Å². The van der Waals surface area contributed by atoms with Crippen molar-refractivity contribution in [2.75, 3.05) is 6.61 Å². The van der Waals surface area contributed by atoms with Crippen molar-refractivity contribution >= 4 is 13.8 Å². The van der Waals surface area contributed by atoms with E-state index in [2.05, 4.69) is 4.52 Å². The van der Waals surface area contributed by atoms with Crippen LogP contribution in [0.5, 0.6) is 0 Å². The lowest BCUT2D eigenvalue weighted by atomic mass is 10.1. The van der Waals surface area contributed by atoms with Crippen molar-refractivity contribution in [2.45, 2.75) is 103 Å². The highest BCUT2D eigenvalue weighted by molar-refractivity contribution is 7.46. The average molecular weight is 439 g/mol. The van der Waals surface area contributed by atoms with E-state index in [0.29, 0.717) is 6.42 Å². The molecule has 2 heterocycles. The molecule has 2 aliphatic heterocycles. The van der Waals surface area contributed by atoms with Crippen LogP contribution in [-0.4, -0.2) is 66.2 Å². The van der Waals surface area contributed by atoms with E-state index in [-0.39, 0.29) is 31.3 Å². The van der Waals surface area contributed by atoms with E-state index in [4.69, 9.17) is 23.5 Å². The number of phosphoric ester groups is 1. The maximum absolute atomic E-state index is 12.4. The van der Waals surface area contributed by atoms with Crippen molar-refractivity contribution in [1.29, 1.82) is 0 Å². The standard InChI is InChI=1S/C18H33O10P/c1-10(2)23-9-18(20)15(8-13(6)26-18)27-29(21,22)28-17(19)16-14(24-11(3)4)7-12(5)25-16/h10-16,20H,7-9H2,1-6H3,(H,21,22)/p-1/t12-,13-,14+,15+,16-,18+/m0/s1. The van der Waals surface area contributed by atoms with Gasteiger partial charge in [0.1, 0.15) is 12.7 Å². The first-order valence-corrected chi connectivity index (χ1v) is 11.3. The summed E-state index contributed by atoms with van der Waals surface area (Å²) >= 11 is 0. The molecule has 0 aliphatic carbocycles. The summed E-state index contributed by atoms with van der Waals surface area (Å²) in [5.74, 6) is -3.09. The minimum absolute atomic E-state index is 0.0811. The minimum Gasteiger partial charge on any atom is -0.746 e. The number of ether oxygens (including phenoxy) is 4.